The molecule has 130 valence electrons. The molecule has 26 heavy (non-hydrogen) atoms. The molecule has 0 bridgehead atoms. The van der Waals surface area contributed by atoms with Crippen molar-refractivity contribution in [2.24, 2.45) is 0 Å². The second kappa shape index (κ2) is 6.03. The van der Waals surface area contributed by atoms with E-state index < -0.39 is 0 Å². The third-order valence-electron chi connectivity index (χ3n) is 5.13. The van der Waals surface area contributed by atoms with E-state index in [-0.39, 0.29) is 0 Å². The number of rotatable bonds is 2. The highest BCUT2D eigenvalue weighted by Crippen LogP contribution is 2.47. The van der Waals surface area contributed by atoms with Crippen LogP contribution in [0.25, 0.3) is 39.7 Å². The molecule has 0 aliphatic rings. The lowest BCUT2D eigenvalue weighted by Crippen LogP contribution is -1.79. The zero-order valence-electron chi connectivity index (χ0n) is 15.1. The van der Waals surface area contributed by atoms with Crippen LogP contribution in [-0.4, -0.2) is 0 Å². The summed E-state index contributed by atoms with van der Waals surface area (Å²) in [5.74, 6) is 0. The Bertz CT molecular complexity index is 1120. The minimum atomic E-state index is 1.38. The van der Waals surface area contributed by atoms with Gasteiger partial charge in [-0.15, -0.1) is 45.3 Å². The van der Waals surface area contributed by atoms with Crippen LogP contribution in [0.15, 0.2) is 35.0 Å². The van der Waals surface area contributed by atoms with Gasteiger partial charge in [0.1, 0.15) is 0 Å². The number of aryl methyl sites for hydroxylation is 4. The Morgan fingerprint density at radius 2 is 1.04 bits per heavy atom. The summed E-state index contributed by atoms with van der Waals surface area (Å²) in [4.78, 5) is 5.66. The van der Waals surface area contributed by atoms with Crippen molar-refractivity contribution in [3.8, 4) is 19.5 Å². The minimum Gasteiger partial charge on any atom is -0.143 e. The van der Waals surface area contributed by atoms with Crippen molar-refractivity contribution in [3.63, 3.8) is 0 Å². The van der Waals surface area contributed by atoms with Crippen molar-refractivity contribution >= 4 is 65.5 Å². The molecule has 0 aliphatic carbocycles. The summed E-state index contributed by atoms with van der Waals surface area (Å²) in [5.41, 5.74) is 5.63. The summed E-state index contributed by atoms with van der Waals surface area (Å²) in [7, 11) is 0. The number of fused-ring (bicyclic) bond motifs is 2. The molecule has 4 aromatic heterocycles. The van der Waals surface area contributed by atoms with Gasteiger partial charge in [-0.1, -0.05) is 0 Å². The summed E-state index contributed by atoms with van der Waals surface area (Å²) < 4.78 is 2.90. The Hall–Kier alpha value is -1.46. The van der Waals surface area contributed by atoms with Gasteiger partial charge in [0.15, 0.2) is 0 Å². The van der Waals surface area contributed by atoms with Gasteiger partial charge in [-0.05, 0) is 95.7 Å². The number of hydrogen-bond donors (Lipinski definition) is 0. The van der Waals surface area contributed by atoms with Gasteiger partial charge in [-0.3, -0.25) is 0 Å². The quantitative estimate of drug-likeness (QED) is 0.273. The van der Waals surface area contributed by atoms with E-state index >= 15 is 0 Å². The zero-order chi connectivity index (χ0) is 18.0. The number of benzene rings is 1. The summed E-state index contributed by atoms with van der Waals surface area (Å²) in [6.07, 6.45) is 0. The van der Waals surface area contributed by atoms with Gasteiger partial charge >= 0.3 is 0 Å². The predicted octanol–water partition coefficient (Wildman–Crippen LogP) is 8.81. The van der Waals surface area contributed by atoms with E-state index in [2.05, 4.69) is 62.7 Å². The van der Waals surface area contributed by atoms with Crippen molar-refractivity contribution in [2.75, 3.05) is 0 Å². The van der Waals surface area contributed by atoms with E-state index in [0.717, 1.165) is 0 Å². The van der Waals surface area contributed by atoms with E-state index in [9.17, 15) is 0 Å². The third-order valence-corrected chi connectivity index (χ3v) is 10.0. The summed E-state index contributed by atoms with van der Waals surface area (Å²) >= 11 is 7.61. The fourth-order valence-corrected chi connectivity index (χ4v) is 8.30. The molecule has 0 spiro atoms. The fourth-order valence-electron chi connectivity index (χ4n) is 3.62. The Morgan fingerprint density at radius 3 is 1.38 bits per heavy atom. The maximum atomic E-state index is 2.41. The van der Waals surface area contributed by atoms with Gasteiger partial charge < -0.3 is 0 Å². The third kappa shape index (κ3) is 2.36. The lowest BCUT2D eigenvalue weighted by atomic mass is 10.0. The molecule has 0 N–H and O–H groups in total. The van der Waals surface area contributed by atoms with Gasteiger partial charge in [0.25, 0.3) is 0 Å². The summed E-state index contributed by atoms with van der Waals surface area (Å²) in [5, 5.41) is 7.25. The molecule has 0 saturated heterocycles. The van der Waals surface area contributed by atoms with Crippen LogP contribution < -0.4 is 0 Å². The van der Waals surface area contributed by atoms with Crippen LogP contribution in [0, 0.1) is 27.7 Å². The van der Waals surface area contributed by atoms with Crippen molar-refractivity contribution in [1.82, 2.24) is 0 Å². The monoisotopic (exact) mass is 410 g/mol. The van der Waals surface area contributed by atoms with Crippen molar-refractivity contribution in [3.05, 3.63) is 57.3 Å². The molecular weight excluding hydrogens is 393 g/mol. The van der Waals surface area contributed by atoms with Gasteiger partial charge in [0.05, 0.1) is 0 Å². The molecule has 0 radical (unpaired) electrons. The largest absolute Gasteiger partial charge is 0.143 e. The molecule has 0 fully saturated rings. The van der Waals surface area contributed by atoms with Crippen LogP contribution in [0.5, 0.6) is 0 Å². The molecule has 1 aromatic carbocycles. The Kier molecular flexibility index (Phi) is 3.87. The first kappa shape index (κ1) is 16.7. The predicted molar refractivity (Wildman–Crippen MR) is 123 cm³/mol. The van der Waals surface area contributed by atoms with Crippen LogP contribution in [-0.2, 0) is 0 Å². The van der Waals surface area contributed by atoms with Crippen LogP contribution in [0.2, 0.25) is 0 Å². The molecule has 0 nitrogen and oxygen atoms in total. The summed E-state index contributed by atoms with van der Waals surface area (Å²) in [6, 6.07) is 9.27. The smallest absolute Gasteiger partial charge is 0.0472 e. The Balaban J connectivity index is 1.79. The normalized spacial score (nSPS) is 11.8. The van der Waals surface area contributed by atoms with E-state index in [1.54, 1.807) is 0 Å². The maximum absolute atomic E-state index is 2.41. The minimum absolute atomic E-state index is 1.38. The molecule has 5 aromatic rings. The molecule has 0 saturated carbocycles. The van der Waals surface area contributed by atoms with Crippen LogP contribution in [0.3, 0.4) is 0 Å². The molecule has 4 heterocycles. The SMILES string of the molecule is Cc1ccsc1-c1cc2c(C)c3sc(-c4sccc4C)cc3c(C)c2s1. The molecule has 0 atom stereocenters. The molecular formula is C22H18S4. The first-order valence-corrected chi connectivity index (χ1v) is 12.0. The average Bonchev–Trinajstić information content (AvgIpc) is 3.37. The highest BCUT2D eigenvalue weighted by Gasteiger charge is 2.18. The standard InChI is InChI=1S/C22H18S4/c1-11-5-7-23-19(11)17-9-15-13(3)22-16(14(4)21(15)25-17)10-18(26-22)20-12(2)6-8-24-20/h5-10H,1-4H3. The molecule has 0 aliphatic heterocycles. The lowest BCUT2D eigenvalue weighted by molar-refractivity contribution is 1.55. The topological polar surface area (TPSA) is 0 Å². The van der Waals surface area contributed by atoms with Crippen LogP contribution in [0.1, 0.15) is 22.3 Å². The van der Waals surface area contributed by atoms with E-state index in [1.807, 2.05) is 45.3 Å². The van der Waals surface area contributed by atoms with Gasteiger partial charge in [-0.25, -0.2) is 0 Å². The van der Waals surface area contributed by atoms with Crippen molar-refractivity contribution in [1.29, 1.82) is 0 Å². The maximum Gasteiger partial charge on any atom is 0.0472 e. The second-order valence-corrected chi connectivity index (χ2v) is 10.8. The average molecular weight is 411 g/mol. The van der Waals surface area contributed by atoms with Gasteiger partial charge in [0.2, 0.25) is 0 Å². The lowest BCUT2D eigenvalue weighted by Gasteiger charge is -2.03. The second-order valence-electron chi connectivity index (χ2n) is 6.82. The first-order chi connectivity index (χ1) is 12.5. The Morgan fingerprint density at radius 1 is 0.615 bits per heavy atom. The molecule has 4 heteroatoms. The zero-order valence-corrected chi connectivity index (χ0v) is 18.4. The van der Waals surface area contributed by atoms with E-state index in [0.29, 0.717) is 0 Å². The van der Waals surface area contributed by atoms with E-state index in [4.69, 9.17) is 0 Å². The van der Waals surface area contributed by atoms with E-state index in [1.165, 1.54) is 61.9 Å². The number of thiophene rings is 4. The molecule has 0 unspecified atom stereocenters. The summed E-state index contributed by atoms with van der Waals surface area (Å²) in [6.45, 7) is 9.02. The highest BCUT2D eigenvalue weighted by atomic mass is 32.1. The molecule has 5 rings (SSSR count). The van der Waals surface area contributed by atoms with Crippen LogP contribution in [0.4, 0.5) is 0 Å². The van der Waals surface area contributed by atoms with Gasteiger partial charge in [-0.2, -0.15) is 0 Å². The highest BCUT2D eigenvalue weighted by molar-refractivity contribution is 7.27. The van der Waals surface area contributed by atoms with Crippen molar-refractivity contribution in [2.45, 2.75) is 27.7 Å². The molecule has 0 amide bonds. The van der Waals surface area contributed by atoms with Crippen LogP contribution >= 0.6 is 45.3 Å². The fraction of sp³-hybridized carbons (Fsp3) is 0.182. The van der Waals surface area contributed by atoms with Gasteiger partial charge in [0, 0.05) is 28.9 Å². The number of hydrogen-bond acceptors (Lipinski definition) is 4. The van der Waals surface area contributed by atoms with Crippen molar-refractivity contribution < 1.29 is 0 Å². The first-order valence-electron chi connectivity index (χ1n) is 8.59. The Labute approximate surface area is 169 Å².